The van der Waals surface area contributed by atoms with Gasteiger partial charge in [0, 0.05) is 12.2 Å². The normalized spacial score (nSPS) is 10.3. The average Bonchev–Trinajstić information content (AvgIpc) is 2.75. The highest BCUT2D eigenvalue weighted by Crippen LogP contribution is 2.17. The standard InChI is InChI=1S/C23H23N3O3/c1-16-10-12-18(13-11-16)25-23(28)20-8-5-7-19(26-20)22(27)24-15-14-17-6-3-4-9-21(17)29-2/h3-13H,14-15H2,1-2H3,(H,24,27)(H,25,28). The summed E-state index contributed by atoms with van der Waals surface area (Å²) in [5.74, 6) is 0.0945. The molecular weight excluding hydrogens is 366 g/mol. The molecule has 0 saturated carbocycles. The van der Waals surface area contributed by atoms with Gasteiger partial charge in [-0.05, 0) is 49.2 Å². The average molecular weight is 389 g/mol. The van der Waals surface area contributed by atoms with Crippen LogP contribution in [-0.2, 0) is 6.42 Å². The van der Waals surface area contributed by atoms with Gasteiger partial charge in [0.05, 0.1) is 7.11 Å². The molecular formula is C23H23N3O3. The smallest absolute Gasteiger partial charge is 0.274 e. The summed E-state index contributed by atoms with van der Waals surface area (Å²) in [7, 11) is 1.62. The SMILES string of the molecule is COc1ccccc1CCNC(=O)c1cccc(C(=O)Nc2ccc(C)cc2)n1. The van der Waals surface area contributed by atoms with E-state index in [1.807, 2.05) is 55.5 Å². The van der Waals surface area contributed by atoms with E-state index in [2.05, 4.69) is 15.6 Å². The zero-order chi connectivity index (χ0) is 20.6. The molecule has 0 aliphatic rings. The number of para-hydroxylation sites is 1. The third-order valence-corrected chi connectivity index (χ3v) is 4.40. The summed E-state index contributed by atoms with van der Waals surface area (Å²) in [5.41, 5.74) is 3.17. The van der Waals surface area contributed by atoms with Gasteiger partial charge in [0.2, 0.25) is 0 Å². The molecule has 6 nitrogen and oxygen atoms in total. The number of hydrogen-bond donors (Lipinski definition) is 2. The lowest BCUT2D eigenvalue weighted by Gasteiger charge is -2.09. The van der Waals surface area contributed by atoms with E-state index in [0.29, 0.717) is 18.7 Å². The Bertz CT molecular complexity index is 1000. The second-order valence-electron chi connectivity index (χ2n) is 6.55. The summed E-state index contributed by atoms with van der Waals surface area (Å²) in [6.07, 6.45) is 0.628. The lowest BCUT2D eigenvalue weighted by atomic mass is 10.1. The lowest BCUT2D eigenvalue weighted by molar-refractivity contribution is 0.0949. The van der Waals surface area contributed by atoms with E-state index >= 15 is 0 Å². The Morgan fingerprint density at radius 3 is 2.31 bits per heavy atom. The molecule has 0 atom stereocenters. The molecule has 29 heavy (non-hydrogen) atoms. The zero-order valence-electron chi connectivity index (χ0n) is 16.4. The Kier molecular flexibility index (Phi) is 6.58. The minimum absolute atomic E-state index is 0.183. The number of aromatic nitrogens is 1. The van der Waals surface area contributed by atoms with E-state index < -0.39 is 0 Å². The van der Waals surface area contributed by atoms with Gasteiger partial charge in [0.1, 0.15) is 17.1 Å². The fourth-order valence-corrected chi connectivity index (χ4v) is 2.83. The zero-order valence-corrected chi connectivity index (χ0v) is 16.4. The molecule has 0 bridgehead atoms. The monoisotopic (exact) mass is 389 g/mol. The number of carbonyl (C=O) groups is 2. The number of anilines is 1. The number of hydrogen-bond acceptors (Lipinski definition) is 4. The minimum atomic E-state index is -0.363. The third-order valence-electron chi connectivity index (χ3n) is 4.40. The van der Waals surface area contributed by atoms with Crippen molar-refractivity contribution in [1.82, 2.24) is 10.3 Å². The molecule has 2 amide bonds. The largest absolute Gasteiger partial charge is 0.496 e. The number of pyridine rings is 1. The number of methoxy groups -OCH3 is 1. The van der Waals surface area contributed by atoms with Crippen LogP contribution in [0.15, 0.2) is 66.7 Å². The number of amides is 2. The minimum Gasteiger partial charge on any atom is -0.496 e. The Hall–Kier alpha value is -3.67. The first-order chi connectivity index (χ1) is 14.1. The summed E-state index contributed by atoms with van der Waals surface area (Å²) in [4.78, 5) is 29.0. The maximum atomic E-state index is 12.4. The molecule has 0 radical (unpaired) electrons. The topological polar surface area (TPSA) is 80.3 Å². The van der Waals surface area contributed by atoms with E-state index in [0.717, 1.165) is 16.9 Å². The summed E-state index contributed by atoms with van der Waals surface area (Å²) < 4.78 is 5.32. The second-order valence-corrected chi connectivity index (χ2v) is 6.55. The van der Waals surface area contributed by atoms with Crippen LogP contribution in [0.1, 0.15) is 32.1 Å². The highest BCUT2D eigenvalue weighted by molar-refractivity contribution is 6.03. The Morgan fingerprint density at radius 1 is 0.897 bits per heavy atom. The van der Waals surface area contributed by atoms with Gasteiger partial charge in [-0.3, -0.25) is 9.59 Å². The van der Waals surface area contributed by atoms with Crippen LogP contribution in [0.25, 0.3) is 0 Å². The number of nitrogens with zero attached hydrogens (tertiary/aromatic N) is 1. The number of ether oxygens (including phenoxy) is 1. The number of rotatable bonds is 7. The van der Waals surface area contributed by atoms with Gasteiger partial charge in [0.15, 0.2) is 0 Å². The molecule has 3 rings (SSSR count). The predicted octanol–water partition coefficient (Wildman–Crippen LogP) is 3.62. The Labute approximate surface area is 169 Å². The molecule has 2 N–H and O–H groups in total. The van der Waals surface area contributed by atoms with E-state index in [-0.39, 0.29) is 23.2 Å². The molecule has 2 aromatic carbocycles. The van der Waals surface area contributed by atoms with Gasteiger partial charge in [-0.1, -0.05) is 42.0 Å². The van der Waals surface area contributed by atoms with Crippen molar-refractivity contribution in [2.24, 2.45) is 0 Å². The van der Waals surface area contributed by atoms with Crippen LogP contribution < -0.4 is 15.4 Å². The molecule has 1 aromatic heterocycles. The van der Waals surface area contributed by atoms with Crippen LogP contribution in [-0.4, -0.2) is 30.5 Å². The van der Waals surface area contributed by atoms with Crippen molar-refractivity contribution >= 4 is 17.5 Å². The van der Waals surface area contributed by atoms with Crippen molar-refractivity contribution in [3.8, 4) is 5.75 Å². The molecule has 0 unspecified atom stereocenters. The number of aryl methyl sites for hydroxylation is 1. The molecule has 1 heterocycles. The summed E-state index contributed by atoms with van der Waals surface area (Å²) >= 11 is 0. The molecule has 6 heteroatoms. The fourth-order valence-electron chi connectivity index (χ4n) is 2.83. The van der Waals surface area contributed by atoms with Crippen LogP contribution in [0.5, 0.6) is 5.75 Å². The Balaban J connectivity index is 1.60. The van der Waals surface area contributed by atoms with Gasteiger partial charge in [0.25, 0.3) is 11.8 Å². The first-order valence-corrected chi connectivity index (χ1v) is 9.32. The first kappa shape index (κ1) is 20.1. The summed E-state index contributed by atoms with van der Waals surface area (Å²) in [5, 5.41) is 5.61. The van der Waals surface area contributed by atoms with Crippen LogP contribution >= 0.6 is 0 Å². The van der Waals surface area contributed by atoms with Crippen LogP contribution in [0.3, 0.4) is 0 Å². The molecule has 3 aromatic rings. The number of benzene rings is 2. The molecule has 0 spiro atoms. The van der Waals surface area contributed by atoms with Crippen LogP contribution in [0.4, 0.5) is 5.69 Å². The van der Waals surface area contributed by atoms with Crippen molar-refractivity contribution in [1.29, 1.82) is 0 Å². The molecule has 0 aliphatic heterocycles. The summed E-state index contributed by atoms with van der Waals surface area (Å²) in [6.45, 7) is 2.41. The first-order valence-electron chi connectivity index (χ1n) is 9.32. The van der Waals surface area contributed by atoms with Crippen molar-refractivity contribution in [3.05, 3.63) is 89.2 Å². The fraction of sp³-hybridized carbons (Fsp3) is 0.174. The predicted molar refractivity (Wildman–Crippen MR) is 112 cm³/mol. The van der Waals surface area contributed by atoms with E-state index in [1.165, 1.54) is 0 Å². The van der Waals surface area contributed by atoms with Gasteiger partial charge >= 0.3 is 0 Å². The quantitative estimate of drug-likeness (QED) is 0.647. The maximum Gasteiger partial charge on any atom is 0.274 e. The van der Waals surface area contributed by atoms with E-state index in [4.69, 9.17) is 4.74 Å². The highest BCUT2D eigenvalue weighted by Gasteiger charge is 2.13. The van der Waals surface area contributed by atoms with Gasteiger partial charge in [-0.2, -0.15) is 0 Å². The molecule has 0 fully saturated rings. The van der Waals surface area contributed by atoms with Crippen molar-refractivity contribution < 1.29 is 14.3 Å². The third kappa shape index (κ3) is 5.42. The van der Waals surface area contributed by atoms with E-state index in [9.17, 15) is 9.59 Å². The number of nitrogens with one attached hydrogen (secondary N) is 2. The Morgan fingerprint density at radius 2 is 1.59 bits per heavy atom. The van der Waals surface area contributed by atoms with E-state index in [1.54, 1.807) is 25.3 Å². The van der Waals surface area contributed by atoms with Crippen molar-refractivity contribution in [2.45, 2.75) is 13.3 Å². The summed E-state index contributed by atoms with van der Waals surface area (Å²) in [6, 6.07) is 19.9. The van der Waals surface area contributed by atoms with Crippen molar-refractivity contribution in [3.63, 3.8) is 0 Å². The van der Waals surface area contributed by atoms with Gasteiger partial charge in [-0.25, -0.2) is 4.98 Å². The van der Waals surface area contributed by atoms with Crippen LogP contribution in [0.2, 0.25) is 0 Å². The maximum absolute atomic E-state index is 12.4. The molecule has 0 aliphatic carbocycles. The highest BCUT2D eigenvalue weighted by atomic mass is 16.5. The van der Waals surface area contributed by atoms with Gasteiger partial charge in [-0.15, -0.1) is 0 Å². The number of carbonyl (C=O) groups excluding carboxylic acids is 2. The van der Waals surface area contributed by atoms with Gasteiger partial charge < -0.3 is 15.4 Å². The lowest BCUT2D eigenvalue weighted by Crippen LogP contribution is -2.27. The van der Waals surface area contributed by atoms with Crippen LogP contribution in [0, 0.1) is 6.92 Å². The molecule has 148 valence electrons. The second kappa shape index (κ2) is 9.50. The molecule has 0 saturated heterocycles. The van der Waals surface area contributed by atoms with Crippen molar-refractivity contribution in [2.75, 3.05) is 19.0 Å².